The van der Waals surface area contributed by atoms with E-state index in [2.05, 4.69) is 10.6 Å². The molecule has 0 heterocycles. The van der Waals surface area contributed by atoms with Crippen molar-refractivity contribution in [3.8, 4) is 0 Å². The minimum absolute atomic E-state index is 0.0884. The molecule has 144 valence electrons. The highest BCUT2D eigenvalue weighted by Crippen LogP contribution is 2.23. The summed E-state index contributed by atoms with van der Waals surface area (Å²) in [6.45, 7) is 0. The molecule has 2 aromatic rings. The number of carboxylic acids is 1. The Bertz CT molecular complexity index is 995. The highest BCUT2D eigenvalue weighted by Gasteiger charge is 2.21. The molecule has 0 aromatic heterocycles. The van der Waals surface area contributed by atoms with Gasteiger partial charge in [-0.15, -0.1) is 0 Å². The lowest BCUT2D eigenvalue weighted by molar-refractivity contribution is -0.394. The first-order chi connectivity index (χ1) is 13.1. The Labute approximate surface area is 175 Å². The number of carboxylic acid groups (broad SMARTS) is 1. The maximum atomic E-state index is 12.3. The van der Waals surface area contributed by atoms with Crippen molar-refractivity contribution in [2.24, 2.45) is 0 Å². The van der Waals surface area contributed by atoms with E-state index in [1.165, 1.54) is 12.1 Å². The maximum absolute atomic E-state index is 12.3. The first kappa shape index (κ1) is 21.1. The number of rotatable bonds is 5. The van der Waals surface area contributed by atoms with Crippen molar-refractivity contribution >= 4 is 68.9 Å². The third-order valence-electron chi connectivity index (χ3n) is 3.27. The van der Waals surface area contributed by atoms with Crippen molar-refractivity contribution in [3.05, 3.63) is 71.3 Å². The molecule has 11 nitrogen and oxygen atoms in total. The number of thiocarbonyl (C=S) groups is 1. The highest BCUT2D eigenvalue weighted by molar-refractivity contribution is 14.1. The van der Waals surface area contributed by atoms with Gasteiger partial charge in [0.25, 0.3) is 17.3 Å². The molecule has 0 radical (unpaired) electrons. The predicted molar refractivity (Wildman–Crippen MR) is 110 cm³/mol. The second-order valence-electron chi connectivity index (χ2n) is 5.16. The van der Waals surface area contributed by atoms with Crippen LogP contribution in [-0.2, 0) is 0 Å². The molecule has 0 bridgehead atoms. The fraction of sp³-hybridized carbons (Fsp3) is 0. The average Bonchev–Trinajstić information content (AvgIpc) is 2.62. The summed E-state index contributed by atoms with van der Waals surface area (Å²) in [7, 11) is 0. The Hall–Kier alpha value is -3.20. The summed E-state index contributed by atoms with van der Waals surface area (Å²) in [6, 6.07) is 6.89. The molecule has 28 heavy (non-hydrogen) atoms. The Morgan fingerprint density at radius 1 is 1.04 bits per heavy atom. The number of halogens is 1. The molecule has 0 fully saturated rings. The standard InChI is InChI=1S/C15H9IN4O7S/c16-8-1-2-12(11(5-8)14(22)23)17-15(28)18-13(21)7-3-9(19(24)25)6-10(4-7)20(26)27/h1-6H,(H,22,23)(H2,17,18,21,28). The number of nitrogens with one attached hydrogen (secondary N) is 2. The second kappa shape index (κ2) is 8.66. The van der Waals surface area contributed by atoms with E-state index < -0.39 is 33.1 Å². The number of carbonyl (C=O) groups is 2. The molecule has 0 saturated heterocycles. The van der Waals surface area contributed by atoms with Gasteiger partial charge in [0.15, 0.2) is 5.11 Å². The van der Waals surface area contributed by atoms with Gasteiger partial charge in [0.2, 0.25) is 0 Å². The van der Waals surface area contributed by atoms with Gasteiger partial charge < -0.3 is 10.4 Å². The zero-order chi connectivity index (χ0) is 21.0. The van der Waals surface area contributed by atoms with E-state index in [-0.39, 0.29) is 21.9 Å². The van der Waals surface area contributed by atoms with E-state index in [1.807, 2.05) is 22.6 Å². The SMILES string of the molecule is O=C(NC(=S)Nc1ccc(I)cc1C(=O)O)c1cc([N+](=O)[O-])cc([N+](=O)[O-])c1. The molecule has 2 aromatic carbocycles. The van der Waals surface area contributed by atoms with Gasteiger partial charge in [-0.1, -0.05) is 0 Å². The number of aromatic carboxylic acids is 1. The number of benzene rings is 2. The summed E-state index contributed by atoms with van der Waals surface area (Å²) in [5.74, 6) is -2.16. The van der Waals surface area contributed by atoms with Gasteiger partial charge in [-0.25, -0.2) is 4.79 Å². The van der Waals surface area contributed by atoms with Crippen molar-refractivity contribution < 1.29 is 24.5 Å². The minimum atomic E-state index is -1.22. The molecule has 0 saturated carbocycles. The number of non-ortho nitro benzene ring substituents is 2. The third kappa shape index (κ3) is 5.17. The molecule has 0 atom stereocenters. The van der Waals surface area contributed by atoms with Gasteiger partial charge in [0, 0.05) is 15.7 Å². The number of nitrogens with zero attached hydrogens (tertiary/aromatic N) is 2. The normalized spacial score (nSPS) is 10.0. The van der Waals surface area contributed by atoms with Gasteiger partial charge in [0.05, 0.1) is 32.7 Å². The molecule has 0 aliphatic rings. The van der Waals surface area contributed by atoms with Crippen molar-refractivity contribution in [3.63, 3.8) is 0 Å². The van der Waals surface area contributed by atoms with E-state index in [4.69, 9.17) is 12.2 Å². The Morgan fingerprint density at radius 2 is 1.61 bits per heavy atom. The molecule has 3 N–H and O–H groups in total. The zero-order valence-electron chi connectivity index (χ0n) is 13.5. The van der Waals surface area contributed by atoms with E-state index in [0.717, 1.165) is 18.2 Å². The molecular formula is C15H9IN4O7S. The van der Waals surface area contributed by atoms with Crippen molar-refractivity contribution in [2.75, 3.05) is 5.32 Å². The summed E-state index contributed by atoms with van der Waals surface area (Å²) in [5.41, 5.74) is -1.60. The van der Waals surface area contributed by atoms with Crippen LogP contribution in [-0.4, -0.2) is 31.9 Å². The lowest BCUT2D eigenvalue weighted by Gasteiger charge is -2.12. The minimum Gasteiger partial charge on any atom is -0.478 e. The fourth-order valence-electron chi connectivity index (χ4n) is 2.07. The topological polar surface area (TPSA) is 165 Å². The summed E-state index contributed by atoms with van der Waals surface area (Å²) in [6.07, 6.45) is 0. The summed E-state index contributed by atoms with van der Waals surface area (Å²) in [5, 5.41) is 35.5. The molecule has 13 heteroatoms. The molecule has 0 aliphatic carbocycles. The largest absolute Gasteiger partial charge is 0.478 e. The molecule has 2 rings (SSSR count). The van der Waals surface area contributed by atoms with E-state index >= 15 is 0 Å². The van der Waals surface area contributed by atoms with Crippen molar-refractivity contribution in [1.82, 2.24) is 5.32 Å². The van der Waals surface area contributed by atoms with Crippen molar-refractivity contribution in [1.29, 1.82) is 0 Å². The van der Waals surface area contributed by atoms with Gasteiger partial charge >= 0.3 is 5.97 Å². The number of nitro benzene ring substituents is 2. The van der Waals surface area contributed by atoms with Gasteiger partial charge in [0.1, 0.15) is 0 Å². The summed E-state index contributed by atoms with van der Waals surface area (Å²) in [4.78, 5) is 43.6. The Balaban J connectivity index is 2.24. The fourth-order valence-corrected chi connectivity index (χ4v) is 2.76. The highest BCUT2D eigenvalue weighted by atomic mass is 127. The van der Waals surface area contributed by atoms with Gasteiger partial charge in [-0.2, -0.15) is 0 Å². The Kier molecular flexibility index (Phi) is 6.53. The number of hydrogen-bond donors (Lipinski definition) is 3. The molecule has 0 spiro atoms. The van der Waals surface area contributed by atoms with Crippen LogP contribution in [0.1, 0.15) is 20.7 Å². The number of amides is 1. The van der Waals surface area contributed by atoms with Crippen LogP contribution < -0.4 is 10.6 Å². The smallest absolute Gasteiger partial charge is 0.337 e. The second-order valence-corrected chi connectivity index (χ2v) is 6.81. The third-order valence-corrected chi connectivity index (χ3v) is 4.15. The molecular weight excluding hydrogens is 507 g/mol. The van der Waals surface area contributed by atoms with E-state index in [0.29, 0.717) is 3.57 Å². The van der Waals surface area contributed by atoms with Gasteiger partial charge in [-0.05, 0) is 53.0 Å². The van der Waals surface area contributed by atoms with Gasteiger partial charge in [-0.3, -0.25) is 30.3 Å². The number of nitro groups is 2. The number of hydrogen-bond acceptors (Lipinski definition) is 7. The number of anilines is 1. The zero-order valence-corrected chi connectivity index (χ0v) is 16.5. The summed E-state index contributed by atoms with van der Waals surface area (Å²) >= 11 is 6.88. The van der Waals surface area contributed by atoms with E-state index in [9.17, 15) is 34.9 Å². The quantitative estimate of drug-likeness (QED) is 0.235. The van der Waals surface area contributed by atoms with Crippen molar-refractivity contribution in [2.45, 2.75) is 0 Å². The molecule has 1 amide bonds. The lowest BCUT2D eigenvalue weighted by atomic mass is 10.1. The maximum Gasteiger partial charge on any atom is 0.337 e. The van der Waals surface area contributed by atoms with Crippen LogP contribution in [0.15, 0.2) is 36.4 Å². The monoisotopic (exact) mass is 516 g/mol. The van der Waals surface area contributed by atoms with Crippen LogP contribution in [0.3, 0.4) is 0 Å². The predicted octanol–water partition coefficient (Wildman–Crippen LogP) is 2.93. The van der Waals surface area contributed by atoms with Crippen LogP contribution in [0.2, 0.25) is 0 Å². The lowest BCUT2D eigenvalue weighted by Crippen LogP contribution is -2.34. The first-order valence-corrected chi connectivity index (χ1v) is 8.66. The van der Waals surface area contributed by atoms with E-state index in [1.54, 1.807) is 6.07 Å². The average molecular weight is 516 g/mol. The molecule has 0 unspecified atom stereocenters. The first-order valence-electron chi connectivity index (χ1n) is 7.17. The van der Waals surface area contributed by atoms with Crippen LogP contribution in [0.5, 0.6) is 0 Å². The van der Waals surface area contributed by atoms with Crippen LogP contribution >= 0.6 is 34.8 Å². The van der Waals surface area contributed by atoms with Crippen LogP contribution in [0.25, 0.3) is 0 Å². The van der Waals surface area contributed by atoms with Crippen LogP contribution in [0.4, 0.5) is 17.1 Å². The Morgan fingerprint density at radius 3 is 2.11 bits per heavy atom. The molecule has 0 aliphatic heterocycles. The summed E-state index contributed by atoms with van der Waals surface area (Å²) < 4.78 is 0.666. The van der Waals surface area contributed by atoms with Crippen LogP contribution in [0, 0.1) is 23.8 Å². The number of carbonyl (C=O) groups excluding carboxylic acids is 1.